The molecule has 1 N–H and O–H groups in total. The van der Waals surface area contributed by atoms with E-state index < -0.39 is 0 Å². The van der Waals surface area contributed by atoms with Gasteiger partial charge in [-0.2, -0.15) is 5.26 Å². The molecular weight excluding hydrogens is 232 g/mol. The van der Waals surface area contributed by atoms with E-state index in [0.717, 1.165) is 23.7 Å². The number of thiazole rings is 1. The average molecular weight is 242 g/mol. The molecular formula is C12H10N4S. The molecule has 5 heteroatoms. The first-order valence-electron chi connectivity index (χ1n) is 5.47. The summed E-state index contributed by atoms with van der Waals surface area (Å²) in [5.74, 6) is 0. The summed E-state index contributed by atoms with van der Waals surface area (Å²) in [5, 5.41) is 13.0. The highest BCUT2D eigenvalue weighted by atomic mass is 32.1. The summed E-state index contributed by atoms with van der Waals surface area (Å²) in [5.41, 5.74) is 2.34. The van der Waals surface area contributed by atoms with E-state index in [9.17, 15) is 0 Å². The van der Waals surface area contributed by atoms with Crippen LogP contribution in [0.3, 0.4) is 0 Å². The lowest BCUT2D eigenvalue weighted by molar-refractivity contribution is 0.900. The normalized spacial score (nSPS) is 13.1. The number of aryl methyl sites for hydroxylation is 2. The number of nitriles is 1. The number of nitrogens with zero attached hydrogens (tertiary/aromatic N) is 3. The van der Waals surface area contributed by atoms with Gasteiger partial charge in [0.25, 0.3) is 0 Å². The highest BCUT2D eigenvalue weighted by molar-refractivity contribution is 7.15. The first-order valence-corrected chi connectivity index (χ1v) is 6.29. The van der Waals surface area contributed by atoms with E-state index in [1.54, 1.807) is 17.5 Å². The van der Waals surface area contributed by atoms with Crippen LogP contribution >= 0.6 is 11.3 Å². The number of fused-ring (bicyclic) bond motifs is 1. The Bertz CT molecular complexity index is 575. The van der Waals surface area contributed by atoms with Gasteiger partial charge in [-0.15, -0.1) is 11.3 Å². The highest BCUT2D eigenvalue weighted by Gasteiger charge is 2.17. The minimum absolute atomic E-state index is 0.405. The zero-order valence-corrected chi connectivity index (χ0v) is 9.92. The molecule has 0 amide bonds. The predicted octanol–water partition coefficient (Wildman–Crippen LogP) is 2.64. The van der Waals surface area contributed by atoms with Crippen LogP contribution in [0.15, 0.2) is 18.3 Å². The molecule has 0 unspecified atom stereocenters. The van der Waals surface area contributed by atoms with Crippen molar-refractivity contribution >= 4 is 22.2 Å². The summed E-state index contributed by atoms with van der Waals surface area (Å²) < 4.78 is 0. The van der Waals surface area contributed by atoms with Crippen molar-refractivity contribution in [2.75, 3.05) is 5.32 Å². The van der Waals surface area contributed by atoms with E-state index in [-0.39, 0.29) is 0 Å². The quantitative estimate of drug-likeness (QED) is 0.879. The lowest BCUT2D eigenvalue weighted by Crippen LogP contribution is -1.95. The van der Waals surface area contributed by atoms with Crippen LogP contribution in [0, 0.1) is 11.3 Å². The third-order valence-corrected chi connectivity index (χ3v) is 3.82. The Kier molecular flexibility index (Phi) is 2.50. The zero-order valence-electron chi connectivity index (χ0n) is 9.10. The van der Waals surface area contributed by atoms with Gasteiger partial charge in [-0.1, -0.05) is 0 Å². The summed E-state index contributed by atoms with van der Waals surface area (Å²) in [7, 11) is 0. The smallest absolute Gasteiger partial charge is 0.187 e. The standard InChI is InChI=1S/C12H10N4S/c13-7-10-8(4-2-6-14-10)15-12-16-9-3-1-5-11(9)17-12/h2,4,6H,1,3,5H2,(H,15,16). The highest BCUT2D eigenvalue weighted by Crippen LogP contribution is 2.32. The van der Waals surface area contributed by atoms with E-state index in [2.05, 4.69) is 21.4 Å². The lowest BCUT2D eigenvalue weighted by Gasteiger charge is -2.03. The number of rotatable bonds is 2. The summed E-state index contributed by atoms with van der Waals surface area (Å²) in [6, 6.07) is 5.72. The topological polar surface area (TPSA) is 61.6 Å². The van der Waals surface area contributed by atoms with Gasteiger partial charge in [0.1, 0.15) is 6.07 Å². The lowest BCUT2D eigenvalue weighted by atomic mass is 10.3. The second kappa shape index (κ2) is 4.15. The molecule has 0 aromatic carbocycles. The third-order valence-electron chi connectivity index (χ3n) is 2.75. The molecule has 0 saturated heterocycles. The van der Waals surface area contributed by atoms with Crippen LogP contribution in [0.25, 0.3) is 0 Å². The Labute approximate surface area is 103 Å². The van der Waals surface area contributed by atoms with Gasteiger partial charge < -0.3 is 5.32 Å². The maximum atomic E-state index is 8.94. The van der Waals surface area contributed by atoms with Gasteiger partial charge in [0.05, 0.1) is 11.4 Å². The van der Waals surface area contributed by atoms with Crippen molar-refractivity contribution in [3.63, 3.8) is 0 Å². The molecule has 0 fully saturated rings. The van der Waals surface area contributed by atoms with Crippen molar-refractivity contribution in [2.45, 2.75) is 19.3 Å². The number of hydrogen-bond acceptors (Lipinski definition) is 5. The molecule has 2 heterocycles. The van der Waals surface area contributed by atoms with Crippen LogP contribution in [-0.4, -0.2) is 9.97 Å². The SMILES string of the molecule is N#Cc1ncccc1Nc1nc2c(s1)CCC2. The van der Waals surface area contributed by atoms with E-state index in [4.69, 9.17) is 5.26 Å². The van der Waals surface area contributed by atoms with Gasteiger partial charge in [0.15, 0.2) is 10.8 Å². The molecule has 2 aromatic heterocycles. The second-order valence-electron chi connectivity index (χ2n) is 3.88. The Morgan fingerprint density at radius 3 is 3.18 bits per heavy atom. The second-order valence-corrected chi connectivity index (χ2v) is 4.96. The average Bonchev–Trinajstić information content (AvgIpc) is 2.90. The summed E-state index contributed by atoms with van der Waals surface area (Å²) >= 11 is 1.68. The summed E-state index contributed by atoms with van der Waals surface area (Å²) in [6.45, 7) is 0. The Balaban J connectivity index is 1.89. The van der Waals surface area contributed by atoms with Crippen LogP contribution in [0.1, 0.15) is 22.7 Å². The molecule has 17 heavy (non-hydrogen) atoms. The van der Waals surface area contributed by atoms with E-state index in [1.807, 2.05) is 12.1 Å². The van der Waals surface area contributed by atoms with E-state index in [1.165, 1.54) is 17.0 Å². The largest absolute Gasteiger partial charge is 0.329 e. The van der Waals surface area contributed by atoms with E-state index in [0.29, 0.717) is 5.69 Å². The molecule has 1 aliphatic carbocycles. The molecule has 4 nitrogen and oxygen atoms in total. The van der Waals surface area contributed by atoms with Gasteiger partial charge in [0.2, 0.25) is 0 Å². The van der Waals surface area contributed by atoms with Crippen molar-refractivity contribution < 1.29 is 0 Å². The minimum atomic E-state index is 0.405. The van der Waals surface area contributed by atoms with Crippen LogP contribution in [0.2, 0.25) is 0 Å². The minimum Gasteiger partial charge on any atom is -0.329 e. The molecule has 0 radical (unpaired) electrons. The van der Waals surface area contributed by atoms with Gasteiger partial charge in [0, 0.05) is 11.1 Å². The molecule has 84 valence electrons. The third kappa shape index (κ3) is 1.87. The molecule has 1 aliphatic rings. The molecule has 0 aliphatic heterocycles. The fourth-order valence-electron chi connectivity index (χ4n) is 1.95. The number of nitrogens with one attached hydrogen (secondary N) is 1. The van der Waals surface area contributed by atoms with Crippen LogP contribution in [-0.2, 0) is 12.8 Å². The fourth-order valence-corrected chi connectivity index (χ4v) is 3.02. The van der Waals surface area contributed by atoms with Gasteiger partial charge in [-0.05, 0) is 31.4 Å². The first kappa shape index (κ1) is 10.2. The van der Waals surface area contributed by atoms with Crippen molar-refractivity contribution in [1.29, 1.82) is 5.26 Å². The molecule has 0 bridgehead atoms. The molecule has 0 atom stereocenters. The molecule has 0 saturated carbocycles. The van der Waals surface area contributed by atoms with Crippen LogP contribution in [0.5, 0.6) is 0 Å². The van der Waals surface area contributed by atoms with Crippen LogP contribution in [0.4, 0.5) is 10.8 Å². The number of anilines is 2. The maximum Gasteiger partial charge on any atom is 0.187 e. The van der Waals surface area contributed by atoms with Gasteiger partial charge in [-0.3, -0.25) is 0 Å². The number of aromatic nitrogens is 2. The van der Waals surface area contributed by atoms with E-state index >= 15 is 0 Å². The van der Waals surface area contributed by atoms with Gasteiger partial charge in [-0.25, -0.2) is 9.97 Å². The Morgan fingerprint density at radius 1 is 1.41 bits per heavy atom. The molecule has 2 aromatic rings. The summed E-state index contributed by atoms with van der Waals surface area (Å²) in [6.07, 6.45) is 5.04. The van der Waals surface area contributed by atoms with Crippen molar-refractivity contribution in [2.24, 2.45) is 0 Å². The van der Waals surface area contributed by atoms with Crippen LogP contribution < -0.4 is 5.32 Å². The summed E-state index contributed by atoms with van der Waals surface area (Å²) in [4.78, 5) is 9.91. The van der Waals surface area contributed by atoms with Crippen molar-refractivity contribution in [1.82, 2.24) is 9.97 Å². The molecule has 0 spiro atoms. The Hall–Kier alpha value is -1.93. The number of hydrogen-bond donors (Lipinski definition) is 1. The monoisotopic (exact) mass is 242 g/mol. The van der Waals surface area contributed by atoms with Gasteiger partial charge >= 0.3 is 0 Å². The van der Waals surface area contributed by atoms with Crippen molar-refractivity contribution in [3.8, 4) is 6.07 Å². The number of pyridine rings is 1. The predicted molar refractivity (Wildman–Crippen MR) is 66.4 cm³/mol. The van der Waals surface area contributed by atoms with Crippen molar-refractivity contribution in [3.05, 3.63) is 34.6 Å². The maximum absolute atomic E-state index is 8.94. The Morgan fingerprint density at radius 2 is 2.35 bits per heavy atom. The fraction of sp³-hybridized carbons (Fsp3) is 0.250. The first-order chi connectivity index (χ1) is 8.36. The molecule has 3 rings (SSSR count). The zero-order chi connectivity index (χ0) is 11.7.